The fraction of sp³-hybridized carbons (Fsp3) is 0.625. The summed E-state index contributed by atoms with van der Waals surface area (Å²) in [5, 5.41) is 16.1. The molecule has 0 aromatic carbocycles. The molecule has 0 spiro atoms. The molecule has 1 aliphatic heterocycles. The number of aromatic amines is 1. The number of aromatic nitrogens is 2. The van der Waals surface area contributed by atoms with Gasteiger partial charge in [-0.05, 0) is 6.82 Å². The van der Waals surface area contributed by atoms with E-state index in [1.165, 1.54) is 0 Å². The molecule has 0 unspecified atom stereocenters. The van der Waals surface area contributed by atoms with Crippen LogP contribution >= 0.6 is 0 Å². The highest BCUT2D eigenvalue weighted by atomic mass is 16.2. The molecule has 0 amide bonds. The number of piperazine rings is 1. The Morgan fingerprint density at radius 1 is 1.43 bits per heavy atom. The topological polar surface area (TPSA) is 55.4 Å². The first kappa shape index (κ1) is 9.55. The molecule has 0 atom stereocenters. The van der Waals surface area contributed by atoms with Gasteiger partial charge in [0.15, 0.2) is 0 Å². The van der Waals surface area contributed by atoms with E-state index in [1.54, 1.807) is 0 Å². The van der Waals surface area contributed by atoms with Crippen molar-refractivity contribution in [2.75, 3.05) is 31.1 Å². The van der Waals surface area contributed by atoms with Crippen LogP contribution in [0.5, 0.6) is 0 Å². The van der Waals surface area contributed by atoms with Gasteiger partial charge in [0.05, 0.1) is 11.9 Å². The molecule has 0 radical (unpaired) electrons. The molecule has 1 fully saturated rings. The Labute approximate surface area is 83.8 Å². The lowest BCUT2D eigenvalue weighted by atomic mass is 9.84. The predicted molar refractivity (Wildman–Crippen MR) is 56.2 cm³/mol. The van der Waals surface area contributed by atoms with Crippen LogP contribution in [0.15, 0.2) is 12.4 Å². The molecule has 0 saturated carbocycles. The summed E-state index contributed by atoms with van der Waals surface area (Å²) in [6.45, 7) is 5.52. The Bertz CT molecular complexity index is 269. The molecule has 0 bridgehead atoms. The monoisotopic (exact) mass is 194 g/mol. The minimum absolute atomic E-state index is 0.332. The predicted octanol–water partition coefficient (Wildman–Crippen LogP) is -0.358. The van der Waals surface area contributed by atoms with E-state index in [-0.39, 0.29) is 7.05 Å². The molecule has 2 rings (SSSR count). The summed E-state index contributed by atoms with van der Waals surface area (Å²) in [6, 6.07) is 0. The van der Waals surface area contributed by atoms with Gasteiger partial charge < -0.3 is 14.7 Å². The first-order valence-corrected chi connectivity index (χ1v) is 4.93. The van der Waals surface area contributed by atoms with Gasteiger partial charge in [0.2, 0.25) is 0 Å². The Hall–Kier alpha value is -1.01. The van der Waals surface area contributed by atoms with Crippen molar-refractivity contribution in [3.05, 3.63) is 12.4 Å². The highest BCUT2D eigenvalue weighted by Gasteiger charge is 2.22. The summed E-state index contributed by atoms with van der Waals surface area (Å²) >= 11 is 0. The minimum atomic E-state index is -0.332. The molecule has 2 N–H and O–H groups in total. The van der Waals surface area contributed by atoms with Crippen molar-refractivity contribution in [2.45, 2.75) is 6.82 Å². The number of H-pyrrole nitrogens is 1. The third-order valence-electron chi connectivity index (χ3n) is 2.69. The number of nitrogens with zero attached hydrogens (tertiary/aromatic N) is 3. The minimum Gasteiger partial charge on any atom is -0.437 e. The summed E-state index contributed by atoms with van der Waals surface area (Å²) in [7, 11) is -0.332. The van der Waals surface area contributed by atoms with Crippen LogP contribution < -0.4 is 4.90 Å². The van der Waals surface area contributed by atoms with Crippen molar-refractivity contribution >= 4 is 12.7 Å². The zero-order chi connectivity index (χ0) is 9.97. The zero-order valence-corrected chi connectivity index (χ0v) is 8.35. The van der Waals surface area contributed by atoms with E-state index in [0.29, 0.717) is 0 Å². The highest BCUT2D eigenvalue weighted by molar-refractivity contribution is 6.45. The van der Waals surface area contributed by atoms with Crippen molar-refractivity contribution in [1.29, 1.82) is 0 Å². The van der Waals surface area contributed by atoms with E-state index in [2.05, 4.69) is 19.9 Å². The van der Waals surface area contributed by atoms with Crippen LogP contribution in [0.2, 0.25) is 6.82 Å². The molecule has 0 aliphatic carbocycles. The molecular formula is C8H15BN4O. The number of hydrogen-bond acceptors (Lipinski definition) is 4. The SMILES string of the molecule is CB(O)N1CCN(c2cn[nH]c2)CC1. The Morgan fingerprint density at radius 2 is 2.14 bits per heavy atom. The van der Waals surface area contributed by atoms with Gasteiger partial charge in [-0.3, -0.25) is 5.10 Å². The average molecular weight is 194 g/mol. The first-order valence-electron chi connectivity index (χ1n) is 4.93. The standard InChI is InChI=1S/C8H15BN4O/c1-9(14)13-4-2-12(3-5-13)8-6-10-11-7-8/h6-7,14H,2-5H2,1H3,(H,10,11). The molecule has 76 valence electrons. The number of rotatable bonds is 2. The van der Waals surface area contributed by atoms with Gasteiger partial charge in [-0.1, -0.05) is 0 Å². The average Bonchev–Trinajstić information content (AvgIpc) is 2.71. The van der Waals surface area contributed by atoms with Crippen LogP contribution in [0, 0.1) is 0 Å². The van der Waals surface area contributed by atoms with E-state index in [9.17, 15) is 5.02 Å². The molecule has 1 aliphatic rings. The van der Waals surface area contributed by atoms with Crippen LogP contribution in [0.1, 0.15) is 0 Å². The second kappa shape index (κ2) is 4.02. The van der Waals surface area contributed by atoms with E-state index < -0.39 is 0 Å². The second-order valence-corrected chi connectivity index (χ2v) is 3.61. The summed E-state index contributed by atoms with van der Waals surface area (Å²) in [6.07, 6.45) is 3.73. The maximum Gasteiger partial charge on any atom is 0.376 e. The normalized spacial score (nSPS) is 18.6. The summed E-state index contributed by atoms with van der Waals surface area (Å²) in [4.78, 5) is 4.33. The van der Waals surface area contributed by atoms with Gasteiger partial charge in [-0.2, -0.15) is 5.10 Å². The smallest absolute Gasteiger partial charge is 0.376 e. The van der Waals surface area contributed by atoms with E-state index >= 15 is 0 Å². The van der Waals surface area contributed by atoms with Crippen LogP contribution in [-0.2, 0) is 0 Å². The van der Waals surface area contributed by atoms with Crippen molar-refractivity contribution in [1.82, 2.24) is 15.0 Å². The van der Waals surface area contributed by atoms with Crippen LogP contribution in [0.3, 0.4) is 0 Å². The summed E-state index contributed by atoms with van der Waals surface area (Å²) in [5.74, 6) is 0. The fourth-order valence-corrected chi connectivity index (χ4v) is 1.77. The third kappa shape index (κ3) is 1.91. The van der Waals surface area contributed by atoms with Crippen LogP contribution in [-0.4, -0.2) is 53.3 Å². The van der Waals surface area contributed by atoms with Gasteiger partial charge in [-0.15, -0.1) is 0 Å². The summed E-state index contributed by atoms with van der Waals surface area (Å²) in [5.41, 5.74) is 1.13. The molecule has 2 heterocycles. The highest BCUT2D eigenvalue weighted by Crippen LogP contribution is 2.13. The van der Waals surface area contributed by atoms with Gasteiger partial charge in [0.25, 0.3) is 0 Å². The molecule has 1 saturated heterocycles. The Kier molecular flexibility index (Phi) is 2.74. The van der Waals surface area contributed by atoms with Crippen molar-refractivity contribution in [3.63, 3.8) is 0 Å². The molecular weight excluding hydrogens is 179 g/mol. The van der Waals surface area contributed by atoms with Crippen molar-refractivity contribution < 1.29 is 5.02 Å². The van der Waals surface area contributed by atoms with E-state index in [4.69, 9.17) is 0 Å². The molecule has 6 heteroatoms. The Balaban J connectivity index is 1.90. The Morgan fingerprint density at radius 3 is 2.64 bits per heavy atom. The van der Waals surface area contributed by atoms with E-state index in [1.807, 2.05) is 19.2 Å². The van der Waals surface area contributed by atoms with Crippen LogP contribution in [0.25, 0.3) is 0 Å². The maximum atomic E-state index is 9.38. The van der Waals surface area contributed by atoms with E-state index in [0.717, 1.165) is 31.9 Å². The molecule has 1 aromatic rings. The first-order chi connectivity index (χ1) is 6.77. The quantitative estimate of drug-likeness (QED) is 0.631. The molecule has 1 aromatic heterocycles. The van der Waals surface area contributed by atoms with Gasteiger partial charge in [0, 0.05) is 32.4 Å². The number of hydrogen-bond donors (Lipinski definition) is 2. The lowest BCUT2D eigenvalue weighted by molar-refractivity contribution is 0.344. The number of nitrogens with one attached hydrogen (secondary N) is 1. The largest absolute Gasteiger partial charge is 0.437 e. The fourth-order valence-electron chi connectivity index (χ4n) is 1.77. The molecule has 14 heavy (non-hydrogen) atoms. The van der Waals surface area contributed by atoms with Gasteiger partial charge in [-0.25, -0.2) is 0 Å². The van der Waals surface area contributed by atoms with Crippen molar-refractivity contribution in [2.24, 2.45) is 0 Å². The maximum absolute atomic E-state index is 9.38. The van der Waals surface area contributed by atoms with Gasteiger partial charge in [0.1, 0.15) is 0 Å². The van der Waals surface area contributed by atoms with Crippen LogP contribution in [0.4, 0.5) is 5.69 Å². The van der Waals surface area contributed by atoms with Gasteiger partial charge >= 0.3 is 7.05 Å². The number of anilines is 1. The lowest BCUT2D eigenvalue weighted by Gasteiger charge is -2.35. The second-order valence-electron chi connectivity index (χ2n) is 3.61. The molecule has 5 nitrogen and oxygen atoms in total. The summed E-state index contributed by atoms with van der Waals surface area (Å²) < 4.78 is 0. The zero-order valence-electron chi connectivity index (χ0n) is 8.35. The van der Waals surface area contributed by atoms with Crippen molar-refractivity contribution in [3.8, 4) is 0 Å². The lowest BCUT2D eigenvalue weighted by Crippen LogP contribution is -2.51. The third-order valence-corrected chi connectivity index (χ3v) is 2.69.